The number of nitrogens with zero attached hydrogens (tertiary/aromatic N) is 3. The molecule has 0 saturated heterocycles. The summed E-state index contributed by atoms with van der Waals surface area (Å²) < 4.78 is 32.2. The first kappa shape index (κ1) is 14.3. The van der Waals surface area contributed by atoms with Crippen molar-refractivity contribution in [3.63, 3.8) is 0 Å². The van der Waals surface area contributed by atoms with Gasteiger partial charge in [0.15, 0.2) is 0 Å². The highest BCUT2D eigenvalue weighted by atomic mass is 32.2. The van der Waals surface area contributed by atoms with Crippen LogP contribution < -0.4 is 4.72 Å². The molecule has 1 atom stereocenters. The second kappa shape index (κ2) is 5.63. The molecule has 3 rings (SSSR count). The number of furan rings is 1. The molecule has 2 aromatic rings. The van der Waals surface area contributed by atoms with Gasteiger partial charge in [0.1, 0.15) is 0 Å². The van der Waals surface area contributed by atoms with E-state index in [4.69, 9.17) is 4.42 Å². The molecule has 0 bridgehead atoms. The Bertz CT molecular complexity index is 693. The quantitative estimate of drug-likeness (QED) is 0.874. The molecule has 0 aliphatic carbocycles. The minimum absolute atomic E-state index is 0.00891. The lowest BCUT2D eigenvalue weighted by atomic mass is 10.1. The summed E-state index contributed by atoms with van der Waals surface area (Å²) in [7, 11) is -3.20. The van der Waals surface area contributed by atoms with Crippen molar-refractivity contribution in [3.8, 4) is 0 Å². The second-order valence-corrected chi connectivity index (χ2v) is 7.18. The van der Waals surface area contributed by atoms with Crippen molar-refractivity contribution >= 4 is 10.0 Å². The molecular formula is C13H18N4O3S. The van der Waals surface area contributed by atoms with Crippen LogP contribution in [-0.2, 0) is 23.1 Å². The lowest BCUT2D eigenvalue weighted by molar-refractivity contribution is 0.167. The van der Waals surface area contributed by atoms with Gasteiger partial charge in [-0.3, -0.25) is 9.58 Å². The summed E-state index contributed by atoms with van der Waals surface area (Å²) in [5.41, 5.74) is 2.20. The van der Waals surface area contributed by atoms with Crippen LogP contribution in [0.4, 0.5) is 0 Å². The molecule has 7 nitrogen and oxygen atoms in total. The van der Waals surface area contributed by atoms with E-state index in [1.165, 1.54) is 6.26 Å². The summed E-state index contributed by atoms with van der Waals surface area (Å²) in [5, 5.41) is 4.31. The van der Waals surface area contributed by atoms with Gasteiger partial charge in [0.25, 0.3) is 0 Å². The molecule has 0 spiro atoms. The Labute approximate surface area is 123 Å². The normalized spacial score (nSPS) is 19.6. The minimum atomic E-state index is -3.20. The van der Waals surface area contributed by atoms with Gasteiger partial charge in [-0.15, -0.1) is 0 Å². The summed E-state index contributed by atoms with van der Waals surface area (Å²) >= 11 is 0. The topological polar surface area (TPSA) is 80.4 Å². The third-order valence-electron chi connectivity index (χ3n) is 3.52. The van der Waals surface area contributed by atoms with E-state index in [0.717, 1.165) is 30.9 Å². The Morgan fingerprint density at radius 2 is 2.33 bits per heavy atom. The van der Waals surface area contributed by atoms with Crippen LogP contribution in [0.2, 0.25) is 0 Å². The van der Waals surface area contributed by atoms with Gasteiger partial charge in [0, 0.05) is 37.9 Å². The van der Waals surface area contributed by atoms with Crippen molar-refractivity contribution in [2.75, 3.05) is 19.3 Å². The zero-order valence-corrected chi connectivity index (χ0v) is 12.6. The molecule has 2 aromatic heterocycles. The van der Waals surface area contributed by atoms with Gasteiger partial charge < -0.3 is 4.42 Å². The van der Waals surface area contributed by atoms with Crippen LogP contribution in [0.5, 0.6) is 0 Å². The van der Waals surface area contributed by atoms with Gasteiger partial charge >= 0.3 is 0 Å². The number of hydrogen-bond donors (Lipinski definition) is 1. The number of nitrogens with one attached hydrogen (secondary N) is 1. The number of sulfonamides is 1. The number of aromatic nitrogens is 2. The average molecular weight is 310 g/mol. The Balaban J connectivity index is 1.73. The lowest BCUT2D eigenvalue weighted by Gasteiger charge is -2.33. The molecule has 1 unspecified atom stereocenters. The first-order chi connectivity index (χ1) is 10.0. The molecule has 1 N–H and O–H groups in total. The predicted molar refractivity (Wildman–Crippen MR) is 76.9 cm³/mol. The highest BCUT2D eigenvalue weighted by Crippen LogP contribution is 2.21. The van der Waals surface area contributed by atoms with E-state index < -0.39 is 10.0 Å². The minimum Gasteiger partial charge on any atom is -0.472 e. The van der Waals surface area contributed by atoms with E-state index >= 15 is 0 Å². The largest absolute Gasteiger partial charge is 0.472 e. The lowest BCUT2D eigenvalue weighted by Crippen LogP contribution is -2.42. The smallest absolute Gasteiger partial charge is 0.208 e. The van der Waals surface area contributed by atoms with Crippen LogP contribution in [-0.4, -0.2) is 42.4 Å². The Morgan fingerprint density at radius 1 is 1.48 bits per heavy atom. The van der Waals surface area contributed by atoms with Crippen LogP contribution in [0.3, 0.4) is 0 Å². The maximum absolute atomic E-state index is 11.3. The Hall–Kier alpha value is -1.64. The van der Waals surface area contributed by atoms with E-state index in [2.05, 4.69) is 14.7 Å². The zero-order valence-electron chi connectivity index (χ0n) is 11.8. The molecule has 3 heterocycles. The number of fused-ring (bicyclic) bond motifs is 1. The van der Waals surface area contributed by atoms with E-state index in [1.54, 1.807) is 18.7 Å². The molecule has 0 amide bonds. The zero-order chi connectivity index (χ0) is 14.9. The molecule has 0 radical (unpaired) electrons. The summed E-state index contributed by atoms with van der Waals surface area (Å²) in [5.74, 6) is 0. The molecule has 8 heteroatoms. The SMILES string of the molecule is CS(=O)(=O)NCC1CN(Cc2ccoc2)Cc2ccnn21. The summed E-state index contributed by atoms with van der Waals surface area (Å²) in [6, 6.07) is 3.90. The third kappa shape index (κ3) is 3.52. The van der Waals surface area contributed by atoms with Gasteiger partial charge in [-0.1, -0.05) is 0 Å². The highest BCUT2D eigenvalue weighted by molar-refractivity contribution is 7.88. The highest BCUT2D eigenvalue weighted by Gasteiger charge is 2.26. The summed E-state index contributed by atoms with van der Waals surface area (Å²) in [6.07, 6.45) is 6.31. The standard InChI is InChI=1S/C13H18N4O3S/c1-21(18,19)15-6-13-9-16(7-11-3-5-20-10-11)8-12-2-4-14-17(12)13/h2-5,10,13,15H,6-9H2,1H3. The van der Waals surface area contributed by atoms with Crippen molar-refractivity contribution < 1.29 is 12.8 Å². The number of rotatable bonds is 5. The maximum Gasteiger partial charge on any atom is 0.208 e. The fourth-order valence-corrected chi connectivity index (χ4v) is 3.12. The van der Waals surface area contributed by atoms with Crippen molar-refractivity contribution in [2.24, 2.45) is 0 Å². The average Bonchev–Trinajstić information content (AvgIpc) is 3.05. The molecule has 1 aliphatic heterocycles. The van der Waals surface area contributed by atoms with Gasteiger partial charge in [-0.2, -0.15) is 5.10 Å². The monoisotopic (exact) mass is 310 g/mol. The predicted octanol–water partition coefficient (Wildman–Crippen LogP) is 0.582. The third-order valence-corrected chi connectivity index (χ3v) is 4.21. The molecule has 21 heavy (non-hydrogen) atoms. The Kier molecular flexibility index (Phi) is 3.83. The number of hydrogen-bond acceptors (Lipinski definition) is 5. The van der Waals surface area contributed by atoms with E-state index in [1.807, 2.05) is 16.8 Å². The molecular weight excluding hydrogens is 292 g/mol. The fraction of sp³-hybridized carbons (Fsp3) is 0.462. The first-order valence-corrected chi connectivity index (χ1v) is 8.61. The van der Waals surface area contributed by atoms with Gasteiger partial charge in [-0.05, 0) is 12.1 Å². The van der Waals surface area contributed by atoms with Gasteiger partial charge in [0.05, 0.1) is 30.5 Å². The molecule has 0 fully saturated rings. The molecule has 0 saturated carbocycles. The molecule has 1 aliphatic rings. The van der Waals surface area contributed by atoms with Crippen LogP contribution >= 0.6 is 0 Å². The second-order valence-electron chi connectivity index (χ2n) is 5.34. The molecule has 0 aromatic carbocycles. The summed E-state index contributed by atoms with van der Waals surface area (Å²) in [4.78, 5) is 2.26. The van der Waals surface area contributed by atoms with E-state index in [9.17, 15) is 8.42 Å². The van der Waals surface area contributed by atoms with Gasteiger partial charge in [-0.25, -0.2) is 13.1 Å². The van der Waals surface area contributed by atoms with Crippen molar-refractivity contribution in [2.45, 2.75) is 19.1 Å². The van der Waals surface area contributed by atoms with Crippen molar-refractivity contribution in [1.29, 1.82) is 0 Å². The van der Waals surface area contributed by atoms with Crippen molar-refractivity contribution in [1.82, 2.24) is 19.4 Å². The fourth-order valence-electron chi connectivity index (χ4n) is 2.62. The molecule has 114 valence electrons. The van der Waals surface area contributed by atoms with Crippen LogP contribution in [0, 0.1) is 0 Å². The van der Waals surface area contributed by atoms with E-state index in [0.29, 0.717) is 6.54 Å². The van der Waals surface area contributed by atoms with Gasteiger partial charge in [0.2, 0.25) is 10.0 Å². The summed E-state index contributed by atoms with van der Waals surface area (Å²) in [6.45, 7) is 2.65. The van der Waals surface area contributed by atoms with Crippen LogP contribution in [0.15, 0.2) is 35.3 Å². The van der Waals surface area contributed by atoms with Crippen LogP contribution in [0.1, 0.15) is 17.3 Å². The van der Waals surface area contributed by atoms with E-state index in [-0.39, 0.29) is 6.04 Å². The van der Waals surface area contributed by atoms with Crippen molar-refractivity contribution in [3.05, 3.63) is 42.1 Å². The first-order valence-electron chi connectivity index (χ1n) is 6.72. The Morgan fingerprint density at radius 3 is 3.05 bits per heavy atom. The van der Waals surface area contributed by atoms with Crippen LogP contribution in [0.25, 0.3) is 0 Å². The maximum atomic E-state index is 11.3.